The summed E-state index contributed by atoms with van der Waals surface area (Å²) in [4.78, 5) is 24.2. The number of hydrogen-bond donors (Lipinski definition) is 0. The van der Waals surface area contributed by atoms with Crippen LogP contribution in [0.15, 0.2) is 11.6 Å². The van der Waals surface area contributed by atoms with E-state index in [0.29, 0.717) is 35.9 Å². The summed E-state index contributed by atoms with van der Waals surface area (Å²) in [5.74, 6) is 2.08. The Balaban J connectivity index is 1.57. The number of hydrogen-bond acceptors (Lipinski definition) is 3. The Morgan fingerprint density at radius 3 is 2.71 bits per heavy atom. The Kier molecular flexibility index (Phi) is 2.81. The van der Waals surface area contributed by atoms with Crippen molar-refractivity contribution in [2.75, 3.05) is 0 Å². The quantitative estimate of drug-likeness (QED) is 0.687. The zero-order valence-corrected chi connectivity index (χ0v) is 15.1. The maximum Gasteiger partial charge on any atom is 0.155 e. The van der Waals surface area contributed by atoms with Crippen LogP contribution in [0.1, 0.15) is 65.7 Å². The summed E-state index contributed by atoms with van der Waals surface area (Å²) in [7, 11) is 0. The molecule has 1 unspecified atom stereocenters. The van der Waals surface area contributed by atoms with Crippen molar-refractivity contribution < 1.29 is 14.3 Å². The molecule has 4 fully saturated rings. The highest BCUT2D eigenvalue weighted by atomic mass is 16.6. The van der Waals surface area contributed by atoms with Gasteiger partial charge in [0.05, 0.1) is 6.10 Å². The van der Waals surface area contributed by atoms with E-state index in [1.807, 2.05) is 6.08 Å². The number of ether oxygens (including phenoxy) is 1. The van der Waals surface area contributed by atoms with Crippen LogP contribution < -0.4 is 0 Å². The highest BCUT2D eigenvalue weighted by Crippen LogP contribution is 2.75. The van der Waals surface area contributed by atoms with Crippen LogP contribution in [0.3, 0.4) is 0 Å². The van der Waals surface area contributed by atoms with E-state index in [1.54, 1.807) is 6.92 Å². The van der Waals surface area contributed by atoms with Crippen molar-refractivity contribution in [2.45, 2.75) is 77.4 Å². The smallest absolute Gasteiger partial charge is 0.155 e. The normalized spacial score (nSPS) is 55.0. The van der Waals surface area contributed by atoms with Gasteiger partial charge >= 0.3 is 0 Å². The van der Waals surface area contributed by atoms with Gasteiger partial charge in [-0.2, -0.15) is 0 Å². The van der Waals surface area contributed by atoms with E-state index in [-0.39, 0.29) is 22.3 Å². The first-order valence-electron chi connectivity index (χ1n) is 9.75. The largest absolute Gasteiger partial charge is 0.365 e. The molecule has 3 nitrogen and oxygen atoms in total. The summed E-state index contributed by atoms with van der Waals surface area (Å²) in [5.41, 5.74) is 1.49. The van der Waals surface area contributed by atoms with Crippen molar-refractivity contribution in [3.63, 3.8) is 0 Å². The van der Waals surface area contributed by atoms with Crippen LogP contribution in [0, 0.1) is 28.6 Å². The number of rotatable bonds is 1. The lowest BCUT2D eigenvalue weighted by atomic mass is 9.46. The van der Waals surface area contributed by atoms with Gasteiger partial charge in [-0.05, 0) is 68.8 Å². The summed E-state index contributed by atoms with van der Waals surface area (Å²) < 4.78 is 6.54. The SMILES string of the molecule is CC(=O)[C@H]1CC[C@H]2[C@@H]3CCC4=CC(=O)CCC4(C)[C@]34O[C@@H]4C[C@]12C. The molecule has 1 saturated heterocycles. The predicted octanol–water partition coefficient (Wildman–Crippen LogP) is 3.85. The topological polar surface area (TPSA) is 46.7 Å². The van der Waals surface area contributed by atoms with Crippen molar-refractivity contribution in [3.05, 3.63) is 11.6 Å². The van der Waals surface area contributed by atoms with Gasteiger partial charge in [-0.1, -0.05) is 19.4 Å². The third kappa shape index (κ3) is 1.54. The third-order valence-electron chi connectivity index (χ3n) is 8.82. The van der Waals surface area contributed by atoms with Crippen LogP contribution in [-0.4, -0.2) is 23.3 Å². The molecule has 3 saturated carbocycles. The molecule has 5 aliphatic rings. The molecule has 3 heteroatoms. The van der Waals surface area contributed by atoms with E-state index in [1.165, 1.54) is 12.0 Å². The molecule has 24 heavy (non-hydrogen) atoms. The zero-order chi connectivity index (χ0) is 16.9. The second-order valence-corrected chi connectivity index (χ2v) is 9.57. The Bertz CT molecular complexity index is 679. The molecule has 0 N–H and O–H groups in total. The van der Waals surface area contributed by atoms with Gasteiger partial charge < -0.3 is 4.74 Å². The minimum absolute atomic E-state index is 0.0341. The molecule has 0 radical (unpaired) electrons. The van der Waals surface area contributed by atoms with E-state index in [2.05, 4.69) is 13.8 Å². The lowest BCUT2D eigenvalue weighted by Gasteiger charge is -2.55. The van der Waals surface area contributed by atoms with Gasteiger partial charge in [0.1, 0.15) is 11.4 Å². The molecular weight excluding hydrogens is 300 g/mol. The average Bonchev–Trinajstić information content (AvgIpc) is 3.12. The molecule has 7 atom stereocenters. The minimum atomic E-state index is -0.0341. The van der Waals surface area contributed by atoms with Crippen LogP contribution in [0.25, 0.3) is 0 Å². The first kappa shape index (κ1) is 15.3. The third-order valence-corrected chi connectivity index (χ3v) is 8.82. The van der Waals surface area contributed by atoms with E-state index in [0.717, 1.165) is 32.1 Å². The number of Topliss-reactive ketones (excluding diaryl/α,β-unsaturated/α-hetero) is 1. The van der Waals surface area contributed by atoms with Crippen LogP contribution in [0.5, 0.6) is 0 Å². The molecule has 4 aliphatic carbocycles. The Morgan fingerprint density at radius 1 is 1.17 bits per heavy atom. The van der Waals surface area contributed by atoms with Gasteiger partial charge in [0.25, 0.3) is 0 Å². The zero-order valence-electron chi connectivity index (χ0n) is 15.1. The Labute approximate surface area is 144 Å². The highest BCUT2D eigenvalue weighted by Gasteiger charge is 2.79. The summed E-state index contributed by atoms with van der Waals surface area (Å²) in [5, 5.41) is 0. The van der Waals surface area contributed by atoms with Crippen LogP contribution in [-0.2, 0) is 14.3 Å². The fraction of sp³-hybridized carbons (Fsp3) is 0.810. The first-order chi connectivity index (χ1) is 11.3. The first-order valence-corrected chi connectivity index (χ1v) is 9.75. The molecule has 0 aromatic heterocycles. The van der Waals surface area contributed by atoms with Crippen molar-refractivity contribution in [3.8, 4) is 0 Å². The lowest BCUT2D eigenvalue weighted by molar-refractivity contribution is -0.126. The van der Waals surface area contributed by atoms with E-state index in [9.17, 15) is 9.59 Å². The maximum absolute atomic E-state index is 12.2. The fourth-order valence-electron chi connectivity index (χ4n) is 7.68. The fourth-order valence-corrected chi connectivity index (χ4v) is 7.68. The second kappa shape index (κ2) is 4.41. The number of fused-ring (bicyclic) bond motifs is 3. The van der Waals surface area contributed by atoms with Crippen molar-refractivity contribution in [1.29, 1.82) is 0 Å². The molecule has 130 valence electrons. The van der Waals surface area contributed by atoms with Crippen molar-refractivity contribution in [1.82, 2.24) is 0 Å². The monoisotopic (exact) mass is 328 g/mol. The Hall–Kier alpha value is -0.960. The highest BCUT2D eigenvalue weighted by molar-refractivity contribution is 5.91. The average molecular weight is 328 g/mol. The lowest BCUT2D eigenvalue weighted by Crippen LogP contribution is -2.57. The van der Waals surface area contributed by atoms with Gasteiger partial charge in [-0.3, -0.25) is 9.59 Å². The predicted molar refractivity (Wildman–Crippen MR) is 90.4 cm³/mol. The molecule has 0 amide bonds. The molecule has 0 aromatic rings. The number of ketones is 2. The van der Waals surface area contributed by atoms with Gasteiger partial charge in [0, 0.05) is 17.8 Å². The second-order valence-electron chi connectivity index (χ2n) is 9.57. The number of carbonyl (C=O) groups excluding carboxylic acids is 2. The number of epoxide rings is 1. The molecule has 5 rings (SSSR count). The van der Waals surface area contributed by atoms with Crippen molar-refractivity contribution in [2.24, 2.45) is 28.6 Å². The van der Waals surface area contributed by atoms with Gasteiger partial charge in [0.2, 0.25) is 0 Å². The minimum Gasteiger partial charge on any atom is -0.365 e. The van der Waals surface area contributed by atoms with Gasteiger partial charge in [0.15, 0.2) is 5.78 Å². The van der Waals surface area contributed by atoms with Crippen LogP contribution in [0.2, 0.25) is 0 Å². The molecule has 0 bridgehead atoms. The molecule has 0 aromatic carbocycles. The van der Waals surface area contributed by atoms with Crippen molar-refractivity contribution >= 4 is 11.6 Å². The van der Waals surface area contributed by atoms with Gasteiger partial charge in [-0.15, -0.1) is 0 Å². The summed E-state index contributed by atoms with van der Waals surface area (Å²) >= 11 is 0. The standard InChI is InChI=1S/C21H28O3/c1-12(22)15-6-7-16-17-5-4-13-10-14(23)8-9-20(13,3)21(17)18(24-21)11-19(15,16)2/h10,15-18H,4-9,11H2,1-3H3/t15-,16+,17+,18-,19-,20?,21+/m1/s1. The molecule has 1 heterocycles. The molecule has 1 aliphatic heterocycles. The molecular formula is C21H28O3. The van der Waals surface area contributed by atoms with Crippen LogP contribution >= 0.6 is 0 Å². The maximum atomic E-state index is 12.2. The van der Waals surface area contributed by atoms with Crippen LogP contribution in [0.4, 0.5) is 0 Å². The molecule has 1 spiro atoms. The summed E-state index contributed by atoms with van der Waals surface area (Å²) in [6.07, 6.45) is 9.31. The summed E-state index contributed by atoms with van der Waals surface area (Å²) in [6.45, 7) is 6.50. The van der Waals surface area contributed by atoms with E-state index < -0.39 is 0 Å². The van der Waals surface area contributed by atoms with E-state index in [4.69, 9.17) is 4.74 Å². The summed E-state index contributed by atoms with van der Waals surface area (Å²) in [6, 6.07) is 0. The Morgan fingerprint density at radius 2 is 1.96 bits per heavy atom. The number of carbonyl (C=O) groups is 2. The van der Waals surface area contributed by atoms with E-state index >= 15 is 0 Å². The van der Waals surface area contributed by atoms with Gasteiger partial charge in [-0.25, -0.2) is 0 Å².